The van der Waals surface area contributed by atoms with E-state index in [1.807, 2.05) is 18.3 Å². The number of likely N-dealkylation sites (N-methyl/N-ethyl adjacent to an activating group) is 1. The minimum Gasteiger partial charge on any atom is -0.371 e. The van der Waals surface area contributed by atoms with Crippen LogP contribution in [0.15, 0.2) is 40.2 Å². The molecule has 0 aliphatic carbocycles. The molecule has 2 aromatic rings. The highest BCUT2D eigenvalue weighted by molar-refractivity contribution is 9.10. The molecule has 0 saturated heterocycles. The van der Waals surface area contributed by atoms with E-state index in [1.165, 1.54) is 16.1 Å². The zero-order chi connectivity index (χ0) is 15.4. The first-order chi connectivity index (χ1) is 9.97. The van der Waals surface area contributed by atoms with Crippen molar-refractivity contribution < 1.29 is 0 Å². The number of benzene rings is 1. The zero-order valence-corrected chi connectivity index (χ0v) is 15.2. The molecule has 1 heterocycles. The van der Waals surface area contributed by atoms with Crippen molar-refractivity contribution in [2.75, 3.05) is 11.9 Å². The summed E-state index contributed by atoms with van der Waals surface area (Å²) in [5.74, 6) is 0. The van der Waals surface area contributed by atoms with E-state index in [9.17, 15) is 0 Å². The number of halogens is 1. The van der Waals surface area contributed by atoms with E-state index in [2.05, 4.69) is 70.5 Å². The number of anilines is 1. The Labute approximate surface area is 140 Å². The lowest BCUT2D eigenvalue weighted by Crippen LogP contribution is -2.30. The molecule has 0 saturated carbocycles. The predicted octanol–water partition coefficient (Wildman–Crippen LogP) is 4.47. The van der Waals surface area contributed by atoms with Gasteiger partial charge in [0.05, 0.1) is 0 Å². The Hall–Kier alpha value is -0.840. The van der Waals surface area contributed by atoms with E-state index in [0.29, 0.717) is 6.04 Å². The summed E-state index contributed by atoms with van der Waals surface area (Å²) in [4.78, 5) is 3.77. The van der Waals surface area contributed by atoms with Crippen LogP contribution in [0.5, 0.6) is 0 Å². The van der Waals surface area contributed by atoms with Crippen molar-refractivity contribution in [1.29, 1.82) is 0 Å². The Kier molecular flexibility index (Phi) is 5.85. The van der Waals surface area contributed by atoms with Gasteiger partial charge in [0, 0.05) is 40.6 Å². The maximum atomic E-state index is 5.89. The number of rotatable bonds is 6. The molecule has 1 aromatic carbocycles. The van der Waals surface area contributed by atoms with Gasteiger partial charge in [0.1, 0.15) is 0 Å². The monoisotopic (exact) mass is 366 g/mol. The fourth-order valence-electron chi connectivity index (χ4n) is 2.38. The molecule has 0 bridgehead atoms. The van der Waals surface area contributed by atoms with E-state index < -0.39 is 0 Å². The van der Waals surface area contributed by atoms with Gasteiger partial charge in [0.2, 0.25) is 0 Å². The number of hydrogen-bond acceptors (Lipinski definition) is 3. The third-order valence-electron chi connectivity index (χ3n) is 3.72. The Balaban J connectivity index is 2.08. The maximum Gasteiger partial charge on any atom is 0.0377 e. The van der Waals surface area contributed by atoms with Crippen LogP contribution in [-0.2, 0) is 12.8 Å². The van der Waals surface area contributed by atoms with Gasteiger partial charge < -0.3 is 10.6 Å². The van der Waals surface area contributed by atoms with Crippen LogP contribution < -0.4 is 10.6 Å². The second-order valence-electron chi connectivity index (χ2n) is 5.70. The lowest BCUT2D eigenvalue weighted by molar-refractivity contribution is 0.687. The van der Waals surface area contributed by atoms with Crippen LogP contribution in [-0.4, -0.2) is 19.1 Å². The summed E-state index contributed by atoms with van der Waals surface area (Å²) in [6, 6.07) is 11.5. The molecule has 0 aliphatic rings. The van der Waals surface area contributed by atoms with Crippen LogP contribution in [0, 0.1) is 0 Å². The van der Waals surface area contributed by atoms with Gasteiger partial charge in [-0.1, -0.05) is 28.1 Å². The molecule has 0 aliphatic heterocycles. The van der Waals surface area contributed by atoms with Gasteiger partial charge in [-0.3, -0.25) is 0 Å². The highest BCUT2D eigenvalue weighted by atomic mass is 79.9. The first kappa shape index (κ1) is 16.5. The highest BCUT2D eigenvalue weighted by Crippen LogP contribution is 2.26. The molecule has 0 fully saturated rings. The molecule has 0 amide bonds. The van der Waals surface area contributed by atoms with E-state index in [0.717, 1.165) is 17.3 Å². The Morgan fingerprint density at radius 1 is 1.24 bits per heavy atom. The molecule has 0 radical (unpaired) electrons. The zero-order valence-electron chi connectivity index (χ0n) is 12.8. The molecule has 4 heteroatoms. The summed E-state index contributed by atoms with van der Waals surface area (Å²) < 4.78 is 1.15. The molecule has 2 rings (SSSR count). The van der Waals surface area contributed by atoms with Crippen molar-refractivity contribution in [1.82, 2.24) is 0 Å². The normalized spacial score (nSPS) is 14.0. The highest BCUT2D eigenvalue weighted by Gasteiger charge is 2.13. The Morgan fingerprint density at radius 3 is 2.57 bits per heavy atom. The van der Waals surface area contributed by atoms with Crippen LogP contribution in [0.3, 0.4) is 0 Å². The van der Waals surface area contributed by atoms with Gasteiger partial charge in [-0.25, -0.2) is 0 Å². The molecule has 2 N–H and O–H groups in total. The second kappa shape index (κ2) is 7.43. The topological polar surface area (TPSA) is 29.3 Å². The first-order valence-electron chi connectivity index (χ1n) is 7.26. The summed E-state index contributed by atoms with van der Waals surface area (Å²) in [6.07, 6.45) is 1.97. The average molecular weight is 367 g/mol. The Bertz CT molecular complexity index is 566. The summed E-state index contributed by atoms with van der Waals surface area (Å²) in [5.41, 5.74) is 8.39. The van der Waals surface area contributed by atoms with Crippen LogP contribution in [0.1, 0.15) is 24.3 Å². The van der Waals surface area contributed by atoms with Crippen molar-refractivity contribution in [2.24, 2.45) is 5.73 Å². The molecule has 2 unspecified atom stereocenters. The minimum atomic E-state index is 0.183. The standard InChI is InChI=1S/C17H23BrN2S/c1-12(19)9-14-6-7-15(11-17(14)18)20(3)13(2)10-16-5-4-8-21-16/h4-8,11-13H,9-10,19H2,1-3H3. The Morgan fingerprint density at radius 2 is 2.00 bits per heavy atom. The quantitative estimate of drug-likeness (QED) is 0.816. The van der Waals surface area contributed by atoms with Crippen molar-refractivity contribution in [3.05, 3.63) is 50.6 Å². The van der Waals surface area contributed by atoms with Crippen LogP contribution in [0.25, 0.3) is 0 Å². The molecule has 0 spiro atoms. The van der Waals surface area contributed by atoms with Crippen molar-refractivity contribution in [3.8, 4) is 0 Å². The number of hydrogen-bond donors (Lipinski definition) is 1. The van der Waals surface area contributed by atoms with E-state index >= 15 is 0 Å². The lowest BCUT2D eigenvalue weighted by atomic mass is 10.1. The average Bonchev–Trinajstić information content (AvgIpc) is 2.92. The van der Waals surface area contributed by atoms with E-state index in [-0.39, 0.29) is 6.04 Å². The summed E-state index contributed by atoms with van der Waals surface area (Å²) >= 11 is 5.50. The van der Waals surface area contributed by atoms with Crippen LogP contribution in [0.4, 0.5) is 5.69 Å². The summed E-state index contributed by atoms with van der Waals surface area (Å²) in [5, 5.41) is 2.14. The van der Waals surface area contributed by atoms with Crippen molar-refractivity contribution in [3.63, 3.8) is 0 Å². The third-order valence-corrected chi connectivity index (χ3v) is 5.36. The lowest BCUT2D eigenvalue weighted by Gasteiger charge is -2.27. The van der Waals surface area contributed by atoms with Crippen LogP contribution in [0.2, 0.25) is 0 Å². The van der Waals surface area contributed by atoms with Gasteiger partial charge in [0.15, 0.2) is 0 Å². The molecule has 2 atom stereocenters. The minimum absolute atomic E-state index is 0.183. The van der Waals surface area contributed by atoms with Gasteiger partial charge in [-0.2, -0.15) is 0 Å². The SMILES string of the molecule is CC(N)Cc1ccc(N(C)C(C)Cc2cccs2)cc1Br. The van der Waals surface area contributed by atoms with Crippen LogP contribution >= 0.6 is 27.3 Å². The van der Waals surface area contributed by atoms with Crippen molar-refractivity contribution in [2.45, 2.75) is 38.8 Å². The first-order valence-corrected chi connectivity index (χ1v) is 8.94. The molecular formula is C17H23BrN2S. The maximum absolute atomic E-state index is 5.89. The molecule has 21 heavy (non-hydrogen) atoms. The summed E-state index contributed by atoms with van der Waals surface area (Å²) in [6.45, 7) is 4.30. The number of nitrogens with zero attached hydrogens (tertiary/aromatic N) is 1. The van der Waals surface area contributed by atoms with E-state index in [4.69, 9.17) is 5.73 Å². The van der Waals surface area contributed by atoms with Gasteiger partial charge in [0.25, 0.3) is 0 Å². The van der Waals surface area contributed by atoms with E-state index in [1.54, 1.807) is 0 Å². The number of nitrogens with two attached hydrogens (primary N) is 1. The predicted molar refractivity (Wildman–Crippen MR) is 97.4 cm³/mol. The van der Waals surface area contributed by atoms with Gasteiger partial charge in [-0.05, 0) is 49.4 Å². The van der Waals surface area contributed by atoms with Gasteiger partial charge in [-0.15, -0.1) is 11.3 Å². The summed E-state index contributed by atoms with van der Waals surface area (Å²) in [7, 11) is 2.16. The molecule has 114 valence electrons. The molecule has 2 nitrogen and oxygen atoms in total. The third kappa shape index (κ3) is 4.56. The fraction of sp³-hybridized carbons (Fsp3) is 0.412. The second-order valence-corrected chi connectivity index (χ2v) is 7.59. The molecule has 1 aromatic heterocycles. The fourth-order valence-corrected chi connectivity index (χ4v) is 3.73. The molecular weight excluding hydrogens is 344 g/mol. The number of thiophene rings is 1. The smallest absolute Gasteiger partial charge is 0.0377 e. The van der Waals surface area contributed by atoms with Gasteiger partial charge >= 0.3 is 0 Å². The largest absolute Gasteiger partial charge is 0.371 e. The van der Waals surface area contributed by atoms with Crippen molar-refractivity contribution >= 4 is 33.0 Å².